The van der Waals surface area contributed by atoms with Crippen molar-refractivity contribution in [2.45, 2.75) is 0 Å². The molecule has 0 atom stereocenters. The van der Waals surface area contributed by atoms with Crippen LogP contribution in [-0.4, -0.2) is 15.0 Å². The lowest BCUT2D eigenvalue weighted by molar-refractivity contribution is 1.33. The Hall–Kier alpha value is -5.41. The molecule has 9 aromatic rings. The van der Waals surface area contributed by atoms with E-state index in [4.69, 9.17) is 4.98 Å². The Bertz CT molecular complexity index is 2280. The third kappa shape index (κ3) is 3.03. The molecule has 0 spiro atoms. The summed E-state index contributed by atoms with van der Waals surface area (Å²) in [5, 5.41) is 10.1. The summed E-state index contributed by atoms with van der Waals surface area (Å²) in [4.78, 5) is 12.2. The van der Waals surface area contributed by atoms with Crippen LogP contribution in [0.1, 0.15) is 0 Å². The molecule has 9 rings (SSSR count). The molecule has 0 saturated carbocycles. The van der Waals surface area contributed by atoms with Crippen LogP contribution in [0.2, 0.25) is 0 Å². The van der Waals surface area contributed by atoms with Crippen LogP contribution in [0.4, 0.5) is 0 Å². The van der Waals surface area contributed by atoms with E-state index >= 15 is 0 Å². The molecule has 0 bridgehead atoms. The molecule has 3 heteroatoms. The minimum Gasteiger partial charge on any atom is -0.360 e. The second kappa shape index (κ2) is 8.05. The first-order chi connectivity index (χ1) is 19.8. The highest BCUT2D eigenvalue weighted by atomic mass is 14.8. The Morgan fingerprint density at radius 2 is 0.975 bits per heavy atom. The molecule has 2 N–H and O–H groups in total. The number of aromatic amines is 2. The number of rotatable bonds is 3. The molecule has 0 saturated heterocycles. The summed E-state index contributed by atoms with van der Waals surface area (Å²) in [5.41, 5.74) is 8.74. The van der Waals surface area contributed by atoms with E-state index in [0.29, 0.717) is 0 Å². The van der Waals surface area contributed by atoms with Gasteiger partial charge in [0.15, 0.2) is 0 Å². The minimum absolute atomic E-state index is 0.959. The van der Waals surface area contributed by atoms with E-state index in [2.05, 4.69) is 138 Å². The van der Waals surface area contributed by atoms with Gasteiger partial charge >= 0.3 is 0 Å². The third-order valence-corrected chi connectivity index (χ3v) is 8.40. The fourth-order valence-corrected chi connectivity index (χ4v) is 6.52. The van der Waals surface area contributed by atoms with Gasteiger partial charge in [-0.1, -0.05) is 91.0 Å². The Morgan fingerprint density at radius 1 is 0.425 bits per heavy atom. The van der Waals surface area contributed by atoms with Gasteiger partial charge in [-0.15, -0.1) is 0 Å². The van der Waals surface area contributed by atoms with Crippen molar-refractivity contribution < 1.29 is 0 Å². The maximum absolute atomic E-state index is 5.27. The number of nitrogens with one attached hydrogen (secondary N) is 2. The van der Waals surface area contributed by atoms with Crippen molar-refractivity contribution in [1.82, 2.24) is 15.0 Å². The quantitative estimate of drug-likeness (QED) is 0.229. The van der Waals surface area contributed by atoms with Crippen molar-refractivity contribution >= 4 is 54.1 Å². The number of para-hydroxylation sites is 2. The number of hydrogen-bond acceptors (Lipinski definition) is 1. The van der Waals surface area contributed by atoms with Crippen LogP contribution < -0.4 is 0 Å². The fraction of sp³-hybridized carbons (Fsp3) is 0. The van der Waals surface area contributed by atoms with Crippen LogP contribution in [-0.2, 0) is 0 Å². The number of aromatic nitrogens is 3. The van der Waals surface area contributed by atoms with E-state index in [1.807, 2.05) is 0 Å². The maximum atomic E-state index is 5.27. The van der Waals surface area contributed by atoms with Gasteiger partial charge in [0.1, 0.15) is 0 Å². The zero-order valence-electron chi connectivity index (χ0n) is 21.6. The Kier molecular flexibility index (Phi) is 4.33. The molecule has 40 heavy (non-hydrogen) atoms. The van der Waals surface area contributed by atoms with Crippen LogP contribution in [0, 0.1) is 0 Å². The largest absolute Gasteiger partial charge is 0.360 e. The minimum atomic E-state index is 0.959. The number of benzene rings is 6. The van der Waals surface area contributed by atoms with E-state index in [-0.39, 0.29) is 0 Å². The van der Waals surface area contributed by atoms with Crippen molar-refractivity contribution in [3.05, 3.63) is 128 Å². The Labute approximate surface area is 230 Å². The van der Waals surface area contributed by atoms with Gasteiger partial charge in [-0.05, 0) is 67.7 Å². The number of H-pyrrole nitrogens is 2. The number of nitrogens with zero attached hydrogens (tertiary/aromatic N) is 1. The molecule has 186 valence electrons. The van der Waals surface area contributed by atoms with Crippen molar-refractivity contribution in [2.75, 3.05) is 0 Å². The number of hydrogen-bond donors (Lipinski definition) is 2. The van der Waals surface area contributed by atoms with Crippen LogP contribution >= 0.6 is 0 Å². The van der Waals surface area contributed by atoms with Gasteiger partial charge in [0.2, 0.25) is 0 Å². The smallest absolute Gasteiger partial charge is 0.0737 e. The van der Waals surface area contributed by atoms with E-state index in [0.717, 1.165) is 39.1 Å². The maximum Gasteiger partial charge on any atom is 0.0737 e. The summed E-state index contributed by atoms with van der Waals surface area (Å²) >= 11 is 0. The molecule has 0 unspecified atom stereocenters. The van der Waals surface area contributed by atoms with Gasteiger partial charge in [0.25, 0.3) is 0 Å². The summed E-state index contributed by atoms with van der Waals surface area (Å²) < 4.78 is 0. The molecule has 0 aliphatic rings. The lowest BCUT2D eigenvalue weighted by Gasteiger charge is -2.15. The molecular formula is C37H23N3. The molecule has 6 aromatic carbocycles. The summed E-state index contributed by atoms with van der Waals surface area (Å²) in [6.45, 7) is 0. The number of pyridine rings is 1. The highest BCUT2D eigenvalue weighted by Gasteiger charge is 2.17. The summed E-state index contributed by atoms with van der Waals surface area (Å²) in [5.74, 6) is 0. The summed E-state index contributed by atoms with van der Waals surface area (Å²) in [6.07, 6.45) is 4.17. The molecule has 0 fully saturated rings. The Morgan fingerprint density at radius 3 is 1.62 bits per heavy atom. The van der Waals surface area contributed by atoms with Gasteiger partial charge in [-0.3, -0.25) is 0 Å². The van der Waals surface area contributed by atoms with E-state index in [1.165, 1.54) is 48.7 Å². The van der Waals surface area contributed by atoms with Crippen molar-refractivity contribution in [3.8, 4) is 33.6 Å². The molecule has 3 aromatic heterocycles. The first-order valence-electron chi connectivity index (χ1n) is 13.6. The fourth-order valence-electron chi connectivity index (χ4n) is 6.52. The van der Waals surface area contributed by atoms with Gasteiger partial charge in [0, 0.05) is 45.3 Å². The van der Waals surface area contributed by atoms with Gasteiger partial charge in [0.05, 0.1) is 11.4 Å². The average Bonchev–Trinajstić information content (AvgIpc) is 3.64. The predicted octanol–water partition coefficient (Wildman–Crippen LogP) is 9.94. The molecule has 3 heterocycles. The topological polar surface area (TPSA) is 44.5 Å². The average molecular weight is 510 g/mol. The molecule has 0 aliphatic carbocycles. The standard InChI is InChI=1S/C37H23N3/c1-3-10-32-27(8-1)30(20-38-32)34-18-25(19-35(40-34)31-21-39-33-11-4-2-9-28(31)33)26-16-14-24-13-12-22-6-5-7-23-15-17-29(26)37(24)36(22)23/h1-21,38-39H. The highest BCUT2D eigenvalue weighted by Crippen LogP contribution is 2.41. The second-order valence-corrected chi connectivity index (χ2v) is 10.6. The van der Waals surface area contributed by atoms with Gasteiger partial charge in [-0.2, -0.15) is 0 Å². The SMILES string of the molecule is c1cc2ccc3ccc(-c4cc(-c5c[nH]c6ccccc56)nc(-c5c[nH]c6ccccc56)c4)c4ccc(c1)c2c34. The third-order valence-electron chi connectivity index (χ3n) is 8.40. The van der Waals surface area contributed by atoms with Gasteiger partial charge in [-0.25, -0.2) is 4.98 Å². The molecular weight excluding hydrogens is 486 g/mol. The van der Waals surface area contributed by atoms with E-state index in [1.54, 1.807) is 0 Å². The zero-order chi connectivity index (χ0) is 26.2. The lowest BCUT2D eigenvalue weighted by Crippen LogP contribution is -1.92. The molecule has 0 aliphatic heterocycles. The zero-order valence-corrected chi connectivity index (χ0v) is 21.6. The number of fused-ring (bicyclic) bond motifs is 2. The van der Waals surface area contributed by atoms with Crippen LogP contribution in [0.5, 0.6) is 0 Å². The molecule has 3 nitrogen and oxygen atoms in total. The molecule has 0 amide bonds. The van der Waals surface area contributed by atoms with E-state index < -0.39 is 0 Å². The first kappa shape index (κ1) is 21.5. The van der Waals surface area contributed by atoms with Crippen molar-refractivity contribution in [2.24, 2.45) is 0 Å². The van der Waals surface area contributed by atoms with Crippen molar-refractivity contribution in [1.29, 1.82) is 0 Å². The monoisotopic (exact) mass is 509 g/mol. The summed E-state index contributed by atoms with van der Waals surface area (Å²) in [7, 11) is 0. The van der Waals surface area contributed by atoms with Gasteiger partial charge < -0.3 is 9.97 Å². The predicted molar refractivity (Wildman–Crippen MR) is 168 cm³/mol. The van der Waals surface area contributed by atoms with Crippen LogP contribution in [0.25, 0.3) is 87.8 Å². The highest BCUT2D eigenvalue weighted by molar-refractivity contribution is 6.25. The summed E-state index contributed by atoms with van der Waals surface area (Å²) in [6, 6.07) is 41.5. The second-order valence-electron chi connectivity index (χ2n) is 10.6. The van der Waals surface area contributed by atoms with E-state index in [9.17, 15) is 0 Å². The normalized spacial score (nSPS) is 12.0. The van der Waals surface area contributed by atoms with Crippen LogP contribution in [0.15, 0.2) is 128 Å². The lowest BCUT2D eigenvalue weighted by atomic mass is 9.89. The van der Waals surface area contributed by atoms with Crippen LogP contribution in [0.3, 0.4) is 0 Å². The molecule has 0 radical (unpaired) electrons. The Balaban J connectivity index is 1.37. The van der Waals surface area contributed by atoms with Crippen molar-refractivity contribution in [3.63, 3.8) is 0 Å². The first-order valence-corrected chi connectivity index (χ1v) is 13.6.